The first kappa shape index (κ1) is 37.5. The Morgan fingerprint density at radius 3 is 2.27 bits per heavy atom. The van der Waals surface area contributed by atoms with Crippen molar-refractivity contribution in [1.29, 1.82) is 0 Å². The van der Waals surface area contributed by atoms with Crippen LogP contribution in [0.25, 0.3) is 0 Å². The van der Waals surface area contributed by atoms with Gasteiger partial charge in [-0.2, -0.15) is 0 Å². The number of carbonyl (C=O) groups excluding carboxylic acids is 3. The lowest BCUT2D eigenvalue weighted by atomic mass is 9.99. The van der Waals surface area contributed by atoms with Crippen LogP contribution in [0.1, 0.15) is 44.8 Å². The molecule has 0 spiro atoms. The summed E-state index contributed by atoms with van der Waals surface area (Å²) in [6.07, 6.45) is 4.11. The molecule has 5 atom stereocenters. The number of nitrogens with one attached hydrogen (secondary N) is 3. The van der Waals surface area contributed by atoms with Crippen LogP contribution < -0.4 is 25.0 Å². The first-order valence-electron chi connectivity index (χ1n) is 15.8. The third kappa shape index (κ3) is 9.88. The molecule has 49 heavy (non-hydrogen) atoms. The summed E-state index contributed by atoms with van der Waals surface area (Å²) < 4.78 is 31.1. The molecule has 3 aromatic carbocycles. The van der Waals surface area contributed by atoms with Gasteiger partial charge in [0.1, 0.15) is 24.1 Å². The van der Waals surface area contributed by atoms with Gasteiger partial charge < -0.3 is 30.7 Å². The van der Waals surface area contributed by atoms with Crippen LogP contribution in [0.4, 0.5) is 5.69 Å². The van der Waals surface area contributed by atoms with Crippen molar-refractivity contribution < 1.29 is 32.6 Å². The highest BCUT2D eigenvalue weighted by molar-refractivity contribution is 7.92. The number of hydrogen-bond acceptors (Lipinski definition) is 8. The Kier molecular flexibility index (Phi) is 12.6. The minimum atomic E-state index is -3.74. The molecule has 262 valence electrons. The summed E-state index contributed by atoms with van der Waals surface area (Å²) in [7, 11) is -1.72. The summed E-state index contributed by atoms with van der Waals surface area (Å²) in [5, 5.41) is 20.5. The van der Waals surface area contributed by atoms with Crippen LogP contribution in [-0.4, -0.2) is 107 Å². The maximum atomic E-state index is 13.8. The highest BCUT2D eigenvalue weighted by atomic mass is 32.2. The van der Waals surface area contributed by atoms with E-state index in [9.17, 15) is 27.9 Å². The Hall–Kier alpha value is -4.29. The Labute approximate surface area is 289 Å². The van der Waals surface area contributed by atoms with Crippen LogP contribution in [-0.2, 0) is 21.4 Å². The smallest absolute Gasteiger partial charge is 0.251 e. The lowest BCUT2D eigenvalue weighted by molar-refractivity contribution is -0.140. The number of aliphatic hydroxyl groups is 1. The van der Waals surface area contributed by atoms with Gasteiger partial charge in [0.2, 0.25) is 15.9 Å². The van der Waals surface area contributed by atoms with Gasteiger partial charge in [0.25, 0.3) is 11.8 Å². The number of ether oxygens (including phenoxy) is 1. The van der Waals surface area contributed by atoms with Crippen molar-refractivity contribution in [2.75, 3.05) is 50.6 Å². The average Bonchev–Trinajstić information content (AvgIpc) is 3.08. The number of aliphatic hydroxyl groups excluding tert-OH is 1. The molecular weight excluding hydrogens is 665 g/mol. The van der Waals surface area contributed by atoms with Gasteiger partial charge in [-0.1, -0.05) is 42.5 Å². The Balaban J connectivity index is 1.58. The fourth-order valence-corrected chi connectivity index (χ4v) is 7.00. The number of anilines is 1. The minimum absolute atomic E-state index is 0.0104. The van der Waals surface area contributed by atoms with Crippen molar-refractivity contribution in [1.82, 2.24) is 20.9 Å². The molecule has 0 aromatic heterocycles. The third-order valence-corrected chi connectivity index (χ3v) is 10.6. The Bertz CT molecular complexity index is 1770. The monoisotopic (exact) mass is 710 g/mol. The Morgan fingerprint density at radius 2 is 1.69 bits per heavy atom. The van der Waals surface area contributed by atoms with Crippen molar-refractivity contribution in [3.8, 4) is 5.75 Å². The summed E-state index contributed by atoms with van der Waals surface area (Å²) in [6.45, 7) is 4.94. The molecule has 3 amide bonds. The van der Waals surface area contributed by atoms with Crippen molar-refractivity contribution in [3.63, 3.8) is 0 Å². The van der Waals surface area contributed by atoms with Gasteiger partial charge in [-0.05, 0) is 48.4 Å². The molecule has 1 saturated heterocycles. The van der Waals surface area contributed by atoms with E-state index in [4.69, 9.17) is 4.74 Å². The van der Waals surface area contributed by atoms with E-state index in [1.54, 1.807) is 12.0 Å². The number of benzene rings is 3. The fraction of sp³-hybridized carbons (Fsp3) is 0.371. The van der Waals surface area contributed by atoms with Crippen molar-refractivity contribution in [3.05, 3.63) is 95.1 Å². The van der Waals surface area contributed by atoms with E-state index < -0.39 is 47.6 Å². The molecule has 4 N–H and O–H groups in total. The molecule has 4 rings (SSSR count). The minimum Gasteiger partial charge on any atom is -0.497 e. The number of amides is 3. The first-order valence-corrected chi connectivity index (χ1v) is 19.8. The van der Waals surface area contributed by atoms with E-state index >= 15 is 0 Å². The second kappa shape index (κ2) is 16.4. The molecule has 14 heteroatoms. The van der Waals surface area contributed by atoms with Crippen molar-refractivity contribution in [2.45, 2.75) is 37.7 Å². The molecule has 1 heterocycles. The molecular formula is C35H45N5O7PS+. The number of rotatable bonds is 14. The second-order valence-electron chi connectivity index (χ2n) is 12.3. The largest absolute Gasteiger partial charge is 0.497 e. The summed E-state index contributed by atoms with van der Waals surface area (Å²) in [4.78, 5) is 42.5. The van der Waals surface area contributed by atoms with E-state index in [1.807, 2.05) is 68.2 Å². The van der Waals surface area contributed by atoms with Gasteiger partial charge in [-0.3, -0.25) is 18.7 Å². The van der Waals surface area contributed by atoms with E-state index in [0.717, 1.165) is 21.7 Å². The van der Waals surface area contributed by atoms with Crippen molar-refractivity contribution >= 4 is 47.3 Å². The normalized spacial score (nSPS) is 17.0. The van der Waals surface area contributed by atoms with Crippen LogP contribution >= 0.6 is 7.55 Å². The average molecular weight is 711 g/mol. The van der Waals surface area contributed by atoms with Gasteiger partial charge in [0, 0.05) is 37.8 Å². The number of piperazine rings is 1. The highest BCUT2D eigenvalue weighted by Crippen LogP contribution is 2.24. The zero-order valence-corrected chi connectivity index (χ0v) is 30.1. The number of sulfonamides is 1. The zero-order valence-electron chi connectivity index (χ0n) is 28.4. The number of methoxy groups -OCH3 is 1. The third-order valence-electron chi connectivity index (χ3n) is 8.39. The fourth-order valence-electron chi connectivity index (χ4n) is 5.53. The van der Waals surface area contributed by atoms with Crippen LogP contribution in [0, 0.1) is 0 Å². The van der Waals surface area contributed by atoms with Crippen LogP contribution in [0.5, 0.6) is 5.75 Å². The molecule has 5 unspecified atom stereocenters. The summed E-state index contributed by atoms with van der Waals surface area (Å²) in [6, 6.07) is 18.6. The van der Waals surface area contributed by atoms with Crippen LogP contribution in [0.3, 0.4) is 0 Å². The summed E-state index contributed by atoms with van der Waals surface area (Å²) in [5.41, 5.74) is 1.97. The molecule has 1 fully saturated rings. The van der Waals surface area contributed by atoms with Gasteiger partial charge in [0.05, 0.1) is 51.6 Å². The van der Waals surface area contributed by atoms with E-state index in [0.29, 0.717) is 31.5 Å². The van der Waals surface area contributed by atoms with Gasteiger partial charge in [0.15, 0.2) is 0 Å². The lowest BCUT2D eigenvalue weighted by Gasteiger charge is -2.37. The van der Waals surface area contributed by atoms with E-state index in [2.05, 4.69) is 22.2 Å². The molecule has 3 aromatic rings. The molecule has 1 aliphatic heterocycles. The molecule has 0 bridgehead atoms. The molecule has 12 nitrogen and oxygen atoms in total. The second-order valence-corrected chi connectivity index (χ2v) is 16.3. The van der Waals surface area contributed by atoms with E-state index in [1.165, 1.54) is 25.2 Å². The molecule has 0 aliphatic carbocycles. The molecule has 1 aliphatic rings. The first-order chi connectivity index (χ1) is 23.2. The number of hydrogen-bond donors (Lipinski definition) is 4. The standard InChI is InChI=1S/C35H44N5O7PS/c1-23(25-10-8-7-9-11-25)37-33(42)26-18-27(20-28(19-26)39(2)49(6,45)46)34(43)38-30(22-48(4)5)32(41)31-35(44)40(17-16-36-31)21-24-12-14-29(47-3)15-13-24/h7-15,18-20,23,30-32,36,41H,4,16-17,21-22H2,1-3,5-6H3,(H-,37,38,42,43)/p+1. The molecule has 0 saturated carbocycles. The lowest BCUT2D eigenvalue weighted by Crippen LogP contribution is -2.64. The topological polar surface area (TPSA) is 157 Å². The predicted molar refractivity (Wildman–Crippen MR) is 194 cm³/mol. The summed E-state index contributed by atoms with van der Waals surface area (Å²) >= 11 is 0. The molecule has 0 radical (unpaired) electrons. The van der Waals surface area contributed by atoms with Crippen LogP contribution in [0.15, 0.2) is 72.8 Å². The highest BCUT2D eigenvalue weighted by Gasteiger charge is 2.40. The number of carbonyl (C=O) groups is 3. The van der Waals surface area contributed by atoms with Gasteiger partial charge in [-0.15, -0.1) is 0 Å². The van der Waals surface area contributed by atoms with E-state index in [-0.39, 0.29) is 28.8 Å². The SMILES string of the molecule is C=[P+](C)CC(NC(=O)c1cc(C(=O)NC(C)c2ccccc2)cc(N(C)S(C)(=O)=O)c1)C(O)C1NCCN(Cc2ccc(OC)cc2)C1=O. The van der Waals surface area contributed by atoms with Gasteiger partial charge >= 0.3 is 0 Å². The predicted octanol–water partition coefficient (Wildman–Crippen LogP) is 2.59. The maximum Gasteiger partial charge on any atom is 0.251 e. The zero-order chi connectivity index (χ0) is 35.9. The van der Waals surface area contributed by atoms with Gasteiger partial charge in [-0.25, -0.2) is 8.42 Å². The Morgan fingerprint density at radius 1 is 1.08 bits per heavy atom. The van der Waals surface area contributed by atoms with Crippen molar-refractivity contribution in [2.24, 2.45) is 0 Å². The number of nitrogens with zero attached hydrogens (tertiary/aromatic N) is 2. The maximum absolute atomic E-state index is 13.8. The van der Waals surface area contributed by atoms with Crippen LogP contribution in [0.2, 0.25) is 0 Å². The summed E-state index contributed by atoms with van der Waals surface area (Å²) in [5.74, 6) is -0.751. The quantitative estimate of drug-likeness (QED) is 0.186.